The van der Waals surface area contributed by atoms with Crippen LogP contribution in [0, 0.1) is 16.0 Å². The van der Waals surface area contributed by atoms with Crippen molar-refractivity contribution in [3.05, 3.63) is 39.9 Å². The minimum atomic E-state index is -0.571. The molecule has 0 heterocycles. The zero-order chi connectivity index (χ0) is 16.0. The van der Waals surface area contributed by atoms with Crippen LogP contribution in [0.4, 0.5) is 5.69 Å². The van der Waals surface area contributed by atoms with E-state index in [2.05, 4.69) is 5.32 Å². The summed E-state index contributed by atoms with van der Waals surface area (Å²) >= 11 is 0. The largest absolute Gasteiger partial charge is 0.344 e. The maximum Gasteiger partial charge on any atom is 0.270 e. The third-order valence-electron chi connectivity index (χ3n) is 2.78. The zero-order valence-corrected chi connectivity index (χ0v) is 12.3. The number of non-ortho nitro benzene ring substituents is 1. The third kappa shape index (κ3) is 5.21. The van der Waals surface area contributed by atoms with Crippen molar-refractivity contribution in [2.24, 2.45) is 5.92 Å². The monoisotopic (exact) mass is 293 g/mol. The molecule has 0 aliphatic carbocycles. The number of hydrogen-bond acceptors (Lipinski definition) is 4. The molecule has 1 aromatic rings. The number of amides is 2. The lowest BCUT2D eigenvalue weighted by atomic mass is 10.2. The molecule has 0 aromatic heterocycles. The number of nitro groups is 1. The lowest BCUT2D eigenvalue weighted by Gasteiger charge is -2.19. The first-order chi connectivity index (χ1) is 9.81. The molecule has 1 N–H and O–H groups in total. The molecule has 0 radical (unpaired) electrons. The number of nitrogens with zero attached hydrogens (tertiary/aromatic N) is 2. The SMILES string of the molecule is CC(C)CN(C)C(=O)CNC(=O)c1cccc([N+](=O)[O-])c1. The number of likely N-dealkylation sites (N-methyl/N-ethyl adjacent to an activating group) is 1. The van der Waals surface area contributed by atoms with Crippen molar-refractivity contribution in [2.75, 3.05) is 20.1 Å². The molecule has 1 rings (SSSR count). The fourth-order valence-corrected chi connectivity index (χ4v) is 1.80. The number of carbonyl (C=O) groups is 2. The molecule has 0 bridgehead atoms. The molecule has 0 unspecified atom stereocenters. The van der Waals surface area contributed by atoms with Crippen LogP contribution in [0.1, 0.15) is 24.2 Å². The Bertz CT molecular complexity index is 543. The number of carbonyl (C=O) groups excluding carboxylic acids is 2. The Hall–Kier alpha value is -2.44. The number of rotatable bonds is 6. The van der Waals surface area contributed by atoms with Crippen LogP contribution in [0.3, 0.4) is 0 Å². The second-order valence-corrected chi connectivity index (χ2v) is 5.16. The molecule has 7 nitrogen and oxygen atoms in total. The summed E-state index contributed by atoms with van der Waals surface area (Å²) in [6, 6.07) is 5.38. The quantitative estimate of drug-likeness (QED) is 0.634. The van der Waals surface area contributed by atoms with Gasteiger partial charge in [0.1, 0.15) is 0 Å². The summed E-state index contributed by atoms with van der Waals surface area (Å²) in [5.41, 5.74) is -0.00517. The molecule has 21 heavy (non-hydrogen) atoms. The van der Waals surface area contributed by atoms with Crippen molar-refractivity contribution in [1.82, 2.24) is 10.2 Å². The Morgan fingerprint density at radius 3 is 2.62 bits per heavy atom. The first kappa shape index (κ1) is 16.6. The van der Waals surface area contributed by atoms with Crippen molar-refractivity contribution in [3.63, 3.8) is 0 Å². The summed E-state index contributed by atoms with van der Waals surface area (Å²) in [6.07, 6.45) is 0. The Kier molecular flexibility index (Phi) is 5.83. The first-order valence-corrected chi connectivity index (χ1v) is 6.58. The van der Waals surface area contributed by atoms with Gasteiger partial charge in [0.05, 0.1) is 11.5 Å². The second-order valence-electron chi connectivity index (χ2n) is 5.16. The Morgan fingerprint density at radius 1 is 1.38 bits per heavy atom. The van der Waals surface area contributed by atoms with E-state index in [1.54, 1.807) is 11.9 Å². The van der Waals surface area contributed by atoms with E-state index in [-0.39, 0.29) is 23.7 Å². The predicted molar refractivity (Wildman–Crippen MR) is 77.9 cm³/mol. The maximum atomic E-state index is 11.9. The van der Waals surface area contributed by atoms with E-state index >= 15 is 0 Å². The van der Waals surface area contributed by atoms with Crippen LogP contribution >= 0.6 is 0 Å². The molecule has 0 saturated heterocycles. The van der Waals surface area contributed by atoms with Crippen LogP contribution in [-0.2, 0) is 4.79 Å². The number of nitrogens with one attached hydrogen (secondary N) is 1. The lowest BCUT2D eigenvalue weighted by Crippen LogP contribution is -2.39. The molecule has 114 valence electrons. The van der Waals surface area contributed by atoms with Crippen LogP contribution in [0.15, 0.2) is 24.3 Å². The minimum Gasteiger partial charge on any atom is -0.344 e. The van der Waals surface area contributed by atoms with E-state index < -0.39 is 10.8 Å². The lowest BCUT2D eigenvalue weighted by molar-refractivity contribution is -0.384. The van der Waals surface area contributed by atoms with Crippen LogP contribution < -0.4 is 5.32 Å². The highest BCUT2D eigenvalue weighted by atomic mass is 16.6. The van der Waals surface area contributed by atoms with Crippen molar-refractivity contribution in [2.45, 2.75) is 13.8 Å². The maximum absolute atomic E-state index is 11.9. The highest BCUT2D eigenvalue weighted by molar-refractivity contribution is 5.96. The standard InChI is InChI=1S/C14H19N3O4/c1-10(2)9-16(3)13(18)8-15-14(19)11-5-4-6-12(7-11)17(20)21/h4-7,10H,8-9H2,1-3H3,(H,15,19). The van der Waals surface area contributed by atoms with E-state index in [1.165, 1.54) is 24.3 Å². The Balaban J connectivity index is 2.60. The molecule has 1 aromatic carbocycles. The summed E-state index contributed by atoms with van der Waals surface area (Å²) in [5.74, 6) is -0.376. The molecule has 0 aliphatic heterocycles. The molecule has 0 aliphatic rings. The summed E-state index contributed by atoms with van der Waals surface area (Å²) in [7, 11) is 1.67. The predicted octanol–water partition coefficient (Wildman–Crippen LogP) is 1.44. The van der Waals surface area contributed by atoms with E-state index in [0.29, 0.717) is 12.5 Å². The fraction of sp³-hybridized carbons (Fsp3) is 0.429. The topological polar surface area (TPSA) is 92.6 Å². The van der Waals surface area contributed by atoms with Crippen molar-refractivity contribution < 1.29 is 14.5 Å². The van der Waals surface area contributed by atoms with Gasteiger partial charge >= 0.3 is 0 Å². The molecule has 7 heteroatoms. The van der Waals surface area contributed by atoms with E-state index in [4.69, 9.17) is 0 Å². The van der Waals surface area contributed by atoms with Gasteiger partial charge in [0.25, 0.3) is 11.6 Å². The first-order valence-electron chi connectivity index (χ1n) is 6.58. The van der Waals surface area contributed by atoms with Gasteiger partial charge in [0, 0.05) is 31.3 Å². The van der Waals surface area contributed by atoms with Crippen LogP contribution in [0.5, 0.6) is 0 Å². The van der Waals surface area contributed by atoms with Gasteiger partial charge in [0.2, 0.25) is 5.91 Å². The van der Waals surface area contributed by atoms with Crippen molar-refractivity contribution >= 4 is 17.5 Å². The van der Waals surface area contributed by atoms with Gasteiger partial charge in [-0.15, -0.1) is 0 Å². The number of benzene rings is 1. The van der Waals surface area contributed by atoms with Crippen LogP contribution in [-0.4, -0.2) is 41.8 Å². The molecule has 0 spiro atoms. The average molecular weight is 293 g/mol. The van der Waals surface area contributed by atoms with Crippen LogP contribution in [0.2, 0.25) is 0 Å². The summed E-state index contributed by atoms with van der Waals surface area (Å²) < 4.78 is 0. The van der Waals surface area contributed by atoms with Gasteiger partial charge in [-0.2, -0.15) is 0 Å². The zero-order valence-electron chi connectivity index (χ0n) is 12.3. The molecule has 2 amide bonds. The summed E-state index contributed by atoms with van der Waals surface area (Å²) in [4.78, 5) is 35.3. The second kappa shape index (κ2) is 7.37. The molecule has 0 atom stereocenters. The third-order valence-corrected chi connectivity index (χ3v) is 2.78. The van der Waals surface area contributed by atoms with Gasteiger partial charge in [-0.3, -0.25) is 19.7 Å². The number of hydrogen-bond donors (Lipinski definition) is 1. The summed E-state index contributed by atoms with van der Waals surface area (Å²) in [5, 5.41) is 13.1. The smallest absolute Gasteiger partial charge is 0.270 e. The van der Waals surface area contributed by atoms with Crippen molar-refractivity contribution in [1.29, 1.82) is 0 Å². The van der Waals surface area contributed by atoms with E-state index in [1.807, 2.05) is 13.8 Å². The average Bonchev–Trinajstić information content (AvgIpc) is 2.43. The molecule has 0 fully saturated rings. The normalized spacial score (nSPS) is 10.3. The highest BCUT2D eigenvalue weighted by Crippen LogP contribution is 2.12. The van der Waals surface area contributed by atoms with E-state index in [9.17, 15) is 19.7 Å². The molecular weight excluding hydrogens is 274 g/mol. The fourth-order valence-electron chi connectivity index (χ4n) is 1.80. The Morgan fingerprint density at radius 2 is 2.05 bits per heavy atom. The van der Waals surface area contributed by atoms with Gasteiger partial charge in [-0.05, 0) is 12.0 Å². The molecular formula is C14H19N3O4. The number of nitro benzene ring substituents is 1. The summed E-state index contributed by atoms with van der Waals surface area (Å²) in [6.45, 7) is 4.45. The van der Waals surface area contributed by atoms with Gasteiger partial charge in [0.15, 0.2) is 0 Å². The highest BCUT2D eigenvalue weighted by Gasteiger charge is 2.14. The van der Waals surface area contributed by atoms with Gasteiger partial charge < -0.3 is 10.2 Å². The van der Waals surface area contributed by atoms with E-state index in [0.717, 1.165) is 0 Å². The Labute approximate surface area is 123 Å². The molecule has 0 saturated carbocycles. The minimum absolute atomic E-state index is 0.134. The van der Waals surface area contributed by atoms with Crippen molar-refractivity contribution in [3.8, 4) is 0 Å². The van der Waals surface area contributed by atoms with Gasteiger partial charge in [-0.25, -0.2) is 0 Å². The van der Waals surface area contributed by atoms with Gasteiger partial charge in [-0.1, -0.05) is 19.9 Å². The van der Waals surface area contributed by atoms with Crippen LogP contribution in [0.25, 0.3) is 0 Å².